The van der Waals surface area contributed by atoms with E-state index in [0.29, 0.717) is 17.7 Å². The van der Waals surface area contributed by atoms with Crippen molar-refractivity contribution in [1.29, 1.82) is 0 Å². The van der Waals surface area contributed by atoms with Crippen molar-refractivity contribution in [1.82, 2.24) is 0 Å². The molecule has 3 aromatic rings. The second-order valence-electron chi connectivity index (χ2n) is 9.72. The summed E-state index contributed by atoms with van der Waals surface area (Å²) in [4.78, 5) is 27.9. The van der Waals surface area contributed by atoms with E-state index in [1.807, 2.05) is 54.6 Å². The van der Waals surface area contributed by atoms with Gasteiger partial charge in [-0.3, -0.25) is 14.5 Å². The molecule has 1 aliphatic heterocycles. The van der Waals surface area contributed by atoms with Crippen LogP contribution in [0.15, 0.2) is 84.1 Å². The molecule has 0 spiro atoms. The molecule has 3 aromatic carbocycles. The number of amides is 1. The number of rotatable bonds is 6. The Hall–Kier alpha value is -3.44. The number of aliphatic hydroxyl groups is 1. The first kappa shape index (κ1) is 24.7. The Morgan fingerprint density at radius 3 is 2.29 bits per heavy atom. The number of hydrogen-bond donors (Lipinski definition) is 1. The standard InChI is InChI=1S/C29H27ClFNO3/c1-29(2,3)20-12-10-19(11-13-20)26-25(24(33)16-9-18-7-5-4-6-8-18)27(34)28(35)32(26)21-14-15-23(31)22(30)17-21/h4-8,10-15,17,26,34H,9,16H2,1-3H3. The number of carbonyl (C=O) groups excluding carboxylic acids is 2. The minimum atomic E-state index is -0.860. The summed E-state index contributed by atoms with van der Waals surface area (Å²) in [6.45, 7) is 6.29. The van der Waals surface area contributed by atoms with Crippen LogP contribution in [-0.2, 0) is 21.4 Å². The molecule has 1 amide bonds. The van der Waals surface area contributed by atoms with Crippen LogP contribution in [0.25, 0.3) is 0 Å². The third-order valence-electron chi connectivity index (χ3n) is 6.27. The first-order valence-electron chi connectivity index (χ1n) is 11.5. The third kappa shape index (κ3) is 5.01. The predicted molar refractivity (Wildman–Crippen MR) is 136 cm³/mol. The van der Waals surface area contributed by atoms with Gasteiger partial charge in [-0.25, -0.2) is 4.39 Å². The molecule has 35 heavy (non-hydrogen) atoms. The maximum atomic E-state index is 13.9. The molecule has 1 atom stereocenters. The van der Waals surface area contributed by atoms with Gasteiger partial charge in [0.15, 0.2) is 11.5 Å². The van der Waals surface area contributed by atoms with Crippen LogP contribution in [0.2, 0.25) is 5.02 Å². The fourth-order valence-electron chi connectivity index (χ4n) is 4.31. The number of carbonyl (C=O) groups is 2. The minimum Gasteiger partial charge on any atom is -0.503 e. The number of halogens is 2. The number of anilines is 1. The molecule has 0 saturated heterocycles. The number of aryl methyl sites for hydroxylation is 1. The summed E-state index contributed by atoms with van der Waals surface area (Å²) in [6.07, 6.45) is 0.605. The molecular formula is C29H27ClFNO3. The van der Waals surface area contributed by atoms with Gasteiger partial charge >= 0.3 is 0 Å². The van der Waals surface area contributed by atoms with Gasteiger partial charge in [0.05, 0.1) is 16.6 Å². The zero-order chi connectivity index (χ0) is 25.3. The summed E-state index contributed by atoms with van der Waals surface area (Å²) in [6, 6.07) is 20.2. The van der Waals surface area contributed by atoms with Crippen molar-refractivity contribution in [2.75, 3.05) is 4.90 Å². The van der Waals surface area contributed by atoms with Crippen LogP contribution in [0.1, 0.15) is 49.9 Å². The molecule has 4 rings (SSSR count). The summed E-state index contributed by atoms with van der Waals surface area (Å²) < 4.78 is 13.9. The van der Waals surface area contributed by atoms with Crippen LogP contribution in [0.5, 0.6) is 0 Å². The Labute approximate surface area is 209 Å². The highest BCUT2D eigenvalue weighted by Gasteiger charge is 2.44. The lowest BCUT2D eigenvalue weighted by Gasteiger charge is -2.28. The van der Waals surface area contributed by atoms with Crippen LogP contribution in [0.4, 0.5) is 10.1 Å². The van der Waals surface area contributed by atoms with Gasteiger partial charge in [-0.1, -0.05) is 87.0 Å². The second kappa shape index (κ2) is 9.67. The molecule has 1 heterocycles. The number of aliphatic hydroxyl groups excluding tert-OH is 1. The maximum Gasteiger partial charge on any atom is 0.294 e. The van der Waals surface area contributed by atoms with E-state index < -0.39 is 23.5 Å². The average Bonchev–Trinajstić information content (AvgIpc) is 3.10. The zero-order valence-corrected chi connectivity index (χ0v) is 20.6. The van der Waals surface area contributed by atoms with Gasteiger partial charge in [0.2, 0.25) is 0 Å². The highest BCUT2D eigenvalue weighted by Crippen LogP contribution is 2.42. The van der Waals surface area contributed by atoms with Gasteiger partial charge < -0.3 is 5.11 Å². The number of hydrogen-bond acceptors (Lipinski definition) is 3. The van der Waals surface area contributed by atoms with Crippen LogP contribution >= 0.6 is 11.6 Å². The van der Waals surface area contributed by atoms with Gasteiger partial charge in [0, 0.05) is 12.1 Å². The molecule has 0 saturated carbocycles. The quantitative estimate of drug-likeness (QED) is 0.409. The van der Waals surface area contributed by atoms with E-state index in [0.717, 1.165) is 17.2 Å². The third-order valence-corrected chi connectivity index (χ3v) is 6.56. The summed E-state index contributed by atoms with van der Waals surface area (Å²) in [5, 5.41) is 10.7. The zero-order valence-electron chi connectivity index (χ0n) is 19.9. The Morgan fingerprint density at radius 2 is 1.69 bits per heavy atom. The van der Waals surface area contributed by atoms with Crippen molar-refractivity contribution in [3.05, 3.63) is 112 Å². The molecule has 1 N–H and O–H groups in total. The largest absolute Gasteiger partial charge is 0.503 e. The minimum absolute atomic E-state index is 0.0369. The van der Waals surface area contributed by atoms with Gasteiger partial charge in [-0.05, 0) is 46.7 Å². The first-order chi connectivity index (χ1) is 16.6. The van der Waals surface area contributed by atoms with E-state index in [1.54, 1.807) is 0 Å². The van der Waals surface area contributed by atoms with Crippen molar-refractivity contribution in [2.45, 2.75) is 45.1 Å². The smallest absolute Gasteiger partial charge is 0.294 e. The Bertz CT molecular complexity index is 1290. The van der Waals surface area contributed by atoms with Crippen LogP contribution in [0.3, 0.4) is 0 Å². The monoisotopic (exact) mass is 491 g/mol. The molecule has 4 nitrogen and oxygen atoms in total. The van der Waals surface area contributed by atoms with E-state index in [-0.39, 0.29) is 28.2 Å². The molecular weight excluding hydrogens is 465 g/mol. The molecule has 1 aliphatic rings. The van der Waals surface area contributed by atoms with E-state index in [9.17, 15) is 19.1 Å². The highest BCUT2D eigenvalue weighted by atomic mass is 35.5. The van der Waals surface area contributed by atoms with E-state index in [2.05, 4.69) is 20.8 Å². The topological polar surface area (TPSA) is 57.6 Å². The molecule has 0 bridgehead atoms. The number of benzene rings is 3. The van der Waals surface area contributed by atoms with E-state index in [1.165, 1.54) is 17.0 Å². The summed E-state index contributed by atoms with van der Waals surface area (Å²) in [7, 11) is 0. The van der Waals surface area contributed by atoms with Gasteiger partial charge in [-0.15, -0.1) is 0 Å². The Balaban J connectivity index is 1.76. The summed E-state index contributed by atoms with van der Waals surface area (Å²) >= 11 is 6.00. The maximum absolute atomic E-state index is 13.9. The molecule has 6 heteroatoms. The molecule has 0 fully saturated rings. The summed E-state index contributed by atoms with van der Waals surface area (Å²) in [5.74, 6) is -2.25. The van der Waals surface area contributed by atoms with Gasteiger partial charge in [0.25, 0.3) is 5.91 Å². The van der Waals surface area contributed by atoms with Crippen LogP contribution in [0, 0.1) is 5.82 Å². The SMILES string of the molecule is CC(C)(C)c1ccc(C2C(C(=O)CCc3ccccc3)=C(O)C(=O)N2c2ccc(F)c(Cl)c2)cc1. The fourth-order valence-corrected chi connectivity index (χ4v) is 4.48. The second-order valence-corrected chi connectivity index (χ2v) is 10.1. The molecule has 180 valence electrons. The number of Topliss-reactive ketones (excluding diaryl/α,β-unsaturated/α-hetero) is 1. The van der Waals surface area contributed by atoms with Crippen molar-refractivity contribution in [3.8, 4) is 0 Å². The van der Waals surface area contributed by atoms with Crippen molar-refractivity contribution in [2.24, 2.45) is 0 Å². The molecule has 0 radical (unpaired) electrons. The van der Waals surface area contributed by atoms with Crippen LogP contribution < -0.4 is 4.90 Å². The average molecular weight is 492 g/mol. The summed E-state index contributed by atoms with van der Waals surface area (Å²) in [5.41, 5.74) is 2.99. The first-order valence-corrected chi connectivity index (χ1v) is 11.8. The molecule has 1 unspecified atom stereocenters. The van der Waals surface area contributed by atoms with Crippen molar-refractivity contribution in [3.63, 3.8) is 0 Å². The predicted octanol–water partition coefficient (Wildman–Crippen LogP) is 6.88. The molecule has 0 aromatic heterocycles. The normalized spacial score (nSPS) is 16.2. The van der Waals surface area contributed by atoms with Crippen LogP contribution in [-0.4, -0.2) is 16.8 Å². The Kier molecular flexibility index (Phi) is 6.82. The lowest BCUT2D eigenvalue weighted by atomic mass is 9.85. The van der Waals surface area contributed by atoms with E-state index >= 15 is 0 Å². The number of nitrogens with zero attached hydrogens (tertiary/aromatic N) is 1. The fraction of sp³-hybridized carbons (Fsp3) is 0.241. The Morgan fingerprint density at radius 1 is 1.03 bits per heavy atom. The lowest BCUT2D eigenvalue weighted by Crippen LogP contribution is -2.31. The van der Waals surface area contributed by atoms with Crippen molar-refractivity contribution >= 4 is 29.0 Å². The van der Waals surface area contributed by atoms with Gasteiger partial charge in [0.1, 0.15) is 5.82 Å². The van der Waals surface area contributed by atoms with Gasteiger partial charge in [-0.2, -0.15) is 0 Å². The molecule has 0 aliphatic carbocycles. The number of ketones is 1. The van der Waals surface area contributed by atoms with E-state index in [4.69, 9.17) is 11.6 Å². The van der Waals surface area contributed by atoms with Crippen molar-refractivity contribution < 1.29 is 19.1 Å². The highest BCUT2D eigenvalue weighted by molar-refractivity contribution is 6.31. The lowest BCUT2D eigenvalue weighted by molar-refractivity contribution is -0.118.